The highest BCUT2D eigenvalue weighted by Gasteiger charge is 2.39. The molecule has 1 aliphatic rings. The molecule has 0 aliphatic heterocycles. The molecule has 1 aliphatic carbocycles. The minimum atomic E-state index is -0.798. The van der Waals surface area contributed by atoms with Crippen LogP contribution in [0.4, 0.5) is 0 Å². The highest BCUT2D eigenvalue weighted by atomic mass is 16.4. The van der Waals surface area contributed by atoms with Crippen molar-refractivity contribution in [1.29, 1.82) is 0 Å². The fourth-order valence-electron chi connectivity index (χ4n) is 3.22. The van der Waals surface area contributed by atoms with Gasteiger partial charge in [-0.2, -0.15) is 0 Å². The third-order valence-electron chi connectivity index (χ3n) is 4.72. The van der Waals surface area contributed by atoms with Gasteiger partial charge in [0.05, 0.1) is 12.2 Å². The molecule has 0 bridgehead atoms. The van der Waals surface area contributed by atoms with Crippen LogP contribution in [0.3, 0.4) is 0 Å². The molecule has 0 radical (unpaired) electrons. The molecule has 142 valence electrons. The van der Waals surface area contributed by atoms with Gasteiger partial charge >= 0.3 is 5.97 Å². The average Bonchev–Trinajstić information content (AvgIpc) is 2.82. The number of unbranched alkanes of at least 4 members (excludes halogenated alkanes) is 3. The molecule has 5 heteroatoms. The molecule has 0 aromatic rings. The van der Waals surface area contributed by atoms with E-state index in [1.807, 2.05) is 12.2 Å². The number of carbonyl (C=O) groups is 2. The minimum absolute atomic E-state index is 0.0220. The standard InChI is InChI=1S/C20H32O5/c1-2-3-6-9-15(21)12-13-17-16(18(22)14-19(17)23)10-7-4-5-8-11-20(24)25/h4,7,12-13,15-18,21-22H,2-3,5-6,8-11,14H2,1H3,(H,24,25)/b7-4-,13-12+/t15-,16?,17+,18-/m0/s1. The minimum Gasteiger partial charge on any atom is -0.481 e. The zero-order chi connectivity index (χ0) is 18.7. The van der Waals surface area contributed by atoms with Crippen molar-refractivity contribution < 1.29 is 24.9 Å². The summed E-state index contributed by atoms with van der Waals surface area (Å²) >= 11 is 0. The molecular formula is C20H32O5. The van der Waals surface area contributed by atoms with E-state index in [1.165, 1.54) is 0 Å². The zero-order valence-electron chi connectivity index (χ0n) is 15.1. The topological polar surface area (TPSA) is 94.8 Å². The highest BCUT2D eigenvalue weighted by molar-refractivity contribution is 5.86. The van der Waals surface area contributed by atoms with Crippen LogP contribution in [-0.2, 0) is 9.59 Å². The average molecular weight is 352 g/mol. The molecule has 0 aromatic heterocycles. The third kappa shape index (κ3) is 8.45. The number of Topliss-reactive ketones (excluding diaryl/α,β-unsaturated/α-hetero) is 1. The normalized spacial score (nSPS) is 25.2. The number of hydrogen-bond acceptors (Lipinski definition) is 4. The Morgan fingerprint density at radius 3 is 2.72 bits per heavy atom. The van der Waals surface area contributed by atoms with Crippen LogP contribution in [0.15, 0.2) is 24.3 Å². The van der Waals surface area contributed by atoms with Crippen molar-refractivity contribution in [3.05, 3.63) is 24.3 Å². The molecular weight excluding hydrogens is 320 g/mol. The van der Waals surface area contributed by atoms with Gasteiger partial charge in [0.25, 0.3) is 0 Å². The summed E-state index contributed by atoms with van der Waals surface area (Å²) in [5, 5.41) is 28.7. The predicted molar refractivity (Wildman–Crippen MR) is 97.1 cm³/mol. The Kier molecular flexibility index (Phi) is 10.3. The van der Waals surface area contributed by atoms with Gasteiger partial charge in [-0.25, -0.2) is 0 Å². The molecule has 0 amide bonds. The Morgan fingerprint density at radius 1 is 1.28 bits per heavy atom. The SMILES string of the molecule is CCCCC[C@H](O)/C=C/[C@H]1C(=O)C[C@H](O)C1C/C=C\CCCC(=O)O. The third-order valence-corrected chi connectivity index (χ3v) is 4.72. The Morgan fingerprint density at radius 2 is 2.04 bits per heavy atom. The molecule has 5 nitrogen and oxygen atoms in total. The number of aliphatic hydroxyl groups excluding tert-OH is 2. The van der Waals surface area contributed by atoms with Crippen molar-refractivity contribution in [1.82, 2.24) is 0 Å². The van der Waals surface area contributed by atoms with Crippen LogP contribution < -0.4 is 0 Å². The van der Waals surface area contributed by atoms with Crippen molar-refractivity contribution in [3.8, 4) is 0 Å². The molecule has 1 saturated carbocycles. The second kappa shape index (κ2) is 12.0. The summed E-state index contributed by atoms with van der Waals surface area (Å²) in [5.74, 6) is -1.29. The number of ketones is 1. The maximum atomic E-state index is 12.1. The Labute approximate surface area is 150 Å². The van der Waals surface area contributed by atoms with Gasteiger partial charge in [0.1, 0.15) is 5.78 Å². The van der Waals surface area contributed by atoms with Crippen molar-refractivity contribution >= 4 is 11.8 Å². The van der Waals surface area contributed by atoms with Gasteiger partial charge in [-0.15, -0.1) is 0 Å². The van der Waals surface area contributed by atoms with E-state index in [9.17, 15) is 19.8 Å². The molecule has 0 spiro atoms. The molecule has 4 atom stereocenters. The largest absolute Gasteiger partial charge is 0.481 e. The number of hydrogen-bond donors (Lipinski definition) is 3. The smallest absolute Gasteiger partial charge is 0.303 e. The Balaban J connectivity index is 2.48. The maximum absolute atomic E-state index is 12.1. The van der Waals surface area contributed by atoms with E-state index < -0.39 is 18.2 Å². The van der Waals surface area contributed by atoms with Gasteiger partial charge in [0.2, 0.25) is 0 Å². The first-order valence-corrected chi connectivity index (χ1v) is 9.39. The predicted octanol–water partition coefficient (Wildman–Crippen LogP) is 3.25. The second-order valence-electron chi connectivity index (χ2n) is 6.87. The van der Waals surface area contributed by atoms with E-state index in [2.05, 4.69) is 6.92 Å². The summed E-state index contributed by atoms with van der Waals surface area (Å²) < 4.78 is 0. The quantitative estimate of drug-likeness (QED) is 0.370. The van der Waals surface area contributed by atoms with Crippen molar-refractivity contribution in [3.63, 3.8) is 0 Å². The monoisotopic (exact) mass is 352 g/mol. The molecule has 0 heterocycles. The maximum Gasteiger partial charge on any atom is 0.303 e. The van der Waals surface area contributed by atoms with Gasteiger partial charge in [0, 0.05) is 24.7 Å². The number of allylic oxidation sites excluding steroid dienone is 3. The first kappa shape index (κ1) is 21.6. The van der Waals surface area contributed by atoms with Crippen LogP contribution in [0.1, 0.15) is 64.7 Å². The van der Waals surface area contributed by atoms with Gasteiger partial charge < -0.3 is 15.3 Å². The Hall–Kier alpha value is -1.46. The number of rotatable bonds is 12. The molecule has 25 heavy (non-hydrogen) atoms. The lowest BCUT2D eigenvalue weighted by molar-refractivity contribution is -0.137. The first-order chi connectivity index (χ1) is 12.0. The summed E-state index contributed by atoms with van der Waals surface area (Å²) in [5.41, 5.74) is 0. The lowest BCUT2D eigenvalue weighted by atomic mass is 9.90. The molecule has 1 rings (SSSR count). The summed E-state index contributed by atoms with van der Waals surface area (Å²) in [6.45, 7) is 2.11. The van der Waals surface area contributed by atoms with Gasteiger partial charge in [-0.05, 0) is 25.7 Å². The summed E-state index contributed by atoms with van der Waals surface area (Å²) in [6.07, 6.45) is 12.1. The number of aliphatic carboxylic acids is 1. The lowest BCUT2D eigenvalue weighted by Gasteiger charge is -2.17. The fraction of sp³-hybridized carbons (Fsp3) is 0.700. The van der Waals surface area contributed by atoms with Crippen LogP contribution in [0.2, 0.25) is 0 Å². The van der Waals surface area contributed by atoms with E-state index in [1.54, 1.807) is 12.2 Å². The number of carboxylic acids is 1. The summed E-state index contributed by atoms with van der Waals surface area (Å²) in [7, 11) is 0. The van der Waals surface area contributed by atoms with Crippen LogP contribution in [0.25, 0.3) is 0 Å². The van der Waals surface area contributed by atoms with Crippen LogP contribution in [-0.4, -0.2) is 39.3 Å². The Bertz CT molecular complexity index is 469. The summed E-state index contributed by atoms with van der Waals surface area (Å²) in [6, 6.07) is 0. The fourth-order valence-corrected chi connectivity index (χ4v) is 3.22. The van der Waals surface area contributed by atoms with Gasteiger partial charge in [-0.3, -0.25) is 9.59 Å². The van der Waals surface area contributed by atoms with Crippen molar-refractivity contribution in [2.24, 2.45) is 11.8 Å². The highest BCUT2D eigenvalue weighted by Crippen LogP contribution is 2.33. The number of aliphatic hydroxyl groups is 2. The summed E-state index contributed by atoms with van der Waals surface area (Å²) in [4.78, 5) is 22.5. The first-order valence-electron chi connectivity index (χ1n) is 9.39. The number of carbonyl (C=O) groups excluding carboxylic acids is 1. The van der Waals surface area contributed by atoms with Gasteiger partial charge in [-0.1, -0.05) is 50.5 Å². The van der Waals surface area contributed by atoms with Crippen molar-refractivity contribution in [2.75, 3.05) is 0 Å². The van der Waals surface area contributed by atoms with E-state index in [4.69, 9.17) is 5.11 Å². The van der Waals surface area contributed by atoms with Gasteiger partial charge in [0.15, 0.2) is 0 Å². The molecule has 0 aromatic carbocycles. The van der Waals surface area contributed by atoms with E-state index in [-0.39, 0.29) is 30.5 Å². The van der Waals surface area contributed by atoms with Crippen LogP contribution in [0, 0.1) is 11.8 Å². The molecule has 1 unspecified atom stereocenters. The van der Waals surface area contributed by atoms with Crippen LogP contribution >= 0.6 is 0 Å². The van der Waals surface area contributed by atoms with E-state index in [0.29, 0.717) is 25.7 Å². The zero-order valence-corrected chi connectivity index (χ0v) is 15.1. The molecule has 0 saturated heterocycles. The van der Waals surface area contributed by atoms with E-state index in [0.717, 1.165) is 19.3 Å². The second-order valence-corrected chi connectivity index (χ2v) is 6.87. The van der Waals surface area contributed by atoms with Crippen molar-refractivity contribution in [2.45, 2.75) is 76.9 Å². The lowest BCUT2D eigenvalue weighted by Crippen LogP contribution is -2.19. The van der Waals surface area contributed by atoms with E-state index >= 15 is 0 Å². The number of carboxylic acid groups (broad SMARTS) is 1. The van der Waals surface area contributed by atoms with Crippen LogP contribution in [0.5, 0.6) is 0 Å². The molecule has 1 fully saturated rings. The molecule has 3 N–H and O–H groups in total.